The van der Waals surface area contributed by atoms with E-state index in [4.69, 9.17) is 15.2 Å². The van der Waals surface area contributed by atoms with Gasteiger partial charge in [0.2, 0.25) is 0 Å². The van der Waals surface area contributed by atoms with Gasteiger partial charge in [0.25, 0.3) is 5.69 Å². The lowest BCUT2D eigenvalue weighted by Gasteiger charge is -2.08. The van der Waals surface area contributed by atoms with E-state index >= 15 is 0 Å². The van der Waals surface area contributed by atoms with E-state index in [1.807, 2.05) is 0 Å². The van der Waals surface area contributed by atoms with Gasteiger partial charge in [0.05, 0.1) is 11.0 Å². The highest BCUT2D eigenvalue weighted by Gasteiger charge is 2.06. The smallest absolute Gasteiger partial charge is 0.273 e. The van der Waals surface area contributed by atoms with E-state index in [9.17, 15) is 10.1 Å². The number of nitrogens with zero attached hydrogens (tertiary/aromatic N) is 1. The second-order valence-electron chi connectivity index (χ2n) is 4.02. The predicted octanol–water partition coefficient (Wildman–Crippen LogP) is 2.63. The fourth-order valence-corrected chi connectivity index (χ4v) is 1.61. The molecular weight excluding hydrogens is 260 g/mol. The number of hydrogen-bond donors (Lipinski definition) is 1. The molecule has 2 aromatic carbocycles. The van der Waals surface area contributed by atoms with Crippen LogP contribution in [0.15, 0.2) is 48.5 Å². The third-order valence-electron chi connectivity index (χ3n) is 2.51. The molecule has 0 unspecified atom stereocenters. The van der Waals surface area contributed by atoms with Gasteiger partial charge in [-0.3, -0.25) is 10.1 Å². The Morgan fingerprint density at radius 3 is 2.20 bits per heavy atom. The molecule has 104 valence electrons. The van der Waals surface area contributed by atoms with E-state index in [-0.39, 0.29) is 12.3 Å². The van der Waals surface area contributed by atoms with Crippen molar-refractivity contribution >= 4 is 11.4 Å². The summed E-state index contributed by atoms with van der Waals surface area (Å²) in [5, 5.41) is 10.6. The molecule has 0 saturated carbocycles. The second kappa shape index (κ2) is 6.42. The van der Waals surface area contributed by atoms with Crippen LogP contribution in [0.4, 0.5) is 11.4 Å². The molecule has 0 aliphatic heterocycles. The summed E-state index contributed by atoms with van der Waals surface area (Å²) in [4.78, 5) is 10.2. The minimum atomic E-state index is -0.462. The Hall–Kier alpha value is -2.76. The van der Waals surface area contributed by atoms with Crippen molar-refractivity contribution in [1.82, 2.24) is 0 Å². The van der Waals surface area contributed by atoms with Crippen molar-refractivity contribution in [1.29, 1.82) is 0 Å². The third-order valence-corrected chi connectivity index (χ3v) is 2.51. The summed E-state index contributed by atoms with van der Waals surface area (Å²) in [5.74, 6) is 1.10. The van der Waals surface area contributed by atoms with Crippen molar-refractivity contribution in [2.75, 3.05) is 18.9 Å². The lowest BCUT2D eigenvalue weighted by atomic mass is 10.3. The number of nitro groups is 1. The molecule has 0 aliphatic carbocycles. The van der Waals surface area contributed by atoms with Crippen LogP contribution in [0.25, 0.3) is 0 Å². The van der Waals surface area contributed by atoms with E-state index in [0.29, 0.717) is 23.8 Å². The maximum atomic E-state index is 10.6. The Morgan fingerprint density at radius 1 is 1.00 bits per heavy atom. The first-order valence-electron chi connectivity index (χ1n) is 6.01. The van der Waals surface area contributed by atoms with Crippen LogP contribution < -0.4 is 15.2 Å². The number of nitrogens with two attached hydrogens (primary N) is 1. The molecule has 2 aromatic rings. The zero-order chi connectivity index (χ0) is 14.4. The van der Waals surface area contributed by atoms with Gasteiger partial charge in [-0.2, -0.15) is 0 Å². The van der Waals surface area contributed by atoms with Crippen LogP contribution in [0.3, 0.4) is 0 Å². The van der Waals surface area contributed by atoms with E-state index in [0.717, 1.165) is 0 Å². The summed E-state index contributed by atoms with van der Waals surface area (Å²) in [6.45, 7) is 0.613. The Morgan fingerprint density at radius 2 is 1.60 bits per heavy atom. The van der Waals surface area contributed by atoms with Crippen LogP contribution in [-0.2, 0) is 0 Å². The normalized spacial score (nSPS) is 10.0. The lowest BCUT2D eigenvalue weighted by molar-refractivity contribution is -0.384. The molecule has 0 atom stereocenters. The largest absolute Gasteiger partial charge is 0.490 e. The van der Waals surface area contributed by atoms with Gasteiger partial charge in [-0.15, -0.1) is 0 Å². The summed E-state index contributed by atoms with van der Waals surface area (Å²) in [6.07, 6.45) is 0. The van der Waals surface area contributed by atoms with Gasteiger partial charge in [0, 0.05) is 17.8 Å². The molecule has 20 heavy (non-hydrogen) atoms. The molecule has 0 spiro atoms. The molecule has 0 saturated heterocycles. The molecule has 0 fully saturated rings. The van der Waals surface area contributed by atoms with E-state index in [1.165, 1.54) is 12.1 Å². The number of hydrogen-bond acceptors (Lipinski definition) is 5. The number of anilines is 1. The number of nitrogen functional groups attached to an aromatic ring is 1. The number of nitro benzene ring substituents is 1. The SMILES string of the molecule is Nc1cccc(OCCOc2cccc([N+](=O)[O-])c2)c1. The summed E-state index contributed by atoms with van der Waals surface area (Å²) >= 11 is 0. The van der Waals surface area contributed by atoms with Gasteiger partial charge < -0.3 is 15.2 Å². The minimum Gasteiger partial charge on any atom is -0.490 e. The molecule has 2 N–H and O–H groups in total. The van der Waals surface area contributed by atoms with Crippen LogP contribution >= 0.6 is 0 Å². The molecule has 0 aliphatic rings. The molecule has 6 heteroatoms. The maximum absolute atomic E-state index is 10.6. The summed E-state index contributed by atoms with van der Waals surface area (Å²) in [5.41, 5.74) is 6.25. The van der Waals surface area contributed by atoms with Crippen LogP contribution in [0, 0.1) is 10.1 Å². The molecule has 0 aromatic heterocycles. The Bertz CT molecular complexity index is 601. The molecule has 0 radical (unpaired) electrons. The molecule has 6 nitrogen and oxygen atoms in total. The standard InChI is InChI=1S/C14H14N2O4/c15-11-3-1-5-13(9-11)19-7-8-20-14-6-2-4-12(10-14)16(17)18/h1-6,9-10H,7-8,15H2. The summed E-state index contributed by atoms with van der Waals surface area (Å²) < 4.78 is 10.8. The maximum Gasteiger partial charge on any atom is 0.273 e. The van der Waals surface area contributed by atoms with Crippen molar-refractivity contribution in [3.63, 3.8) is 0 Å². The zero-order valence-electron chi connectivity index (χ0n) is 10.7. The van der Waals surface area contributed by atoms with Crippen molar-refractivity contribution in [3.05, 3.63) is 58.6 Å². The Kier molecular flexibility index (Phi) is 4.39. The van der Waals surface area contributed by atoms with Gasteiger partial charge in [0.15, 0.2) is 0 Å². The quantitative estimate of drug-likeness (QED) is 0.378. The first kappa shape index (κ1) is 13.7. The lowest BCUT2D eigenvalue weighted by Crippen LogP contribution is -2.09. The summed E-state index contributed by atoms with van der Waals surface area (Å²) in [7, 11) is 0. The molecule has 0 amide bonds. The number of non-ortho nitro benzene ring substituents is 1. The van der Waals surface area contributed by atoms with Crippen molar-refractivity contribution < 1.29 is 14.4 Å². The fraction of sp³-hybridized carbons (Fsp3) is 0.143. The highest BCUT2D eigenvalue weighted by Crippen LogP contribution is 2.19. The third kappa shape index (κ3) is 3.88. The first-order valence-corrected chi connectivity index (χ1v) is 6.01. The molecular formula is C14H14N2O4. The Balaban J connectivity index is 1.81. The zero-order valence-corrected chi connectivity index (χ0v) is 10.7. The van der Waals surface area contributed by atoms with Gasteiger partial charge in [-0.25, -0.2) is 0 Å². The molecule has 0 heterocycles. The summed E-state index contributed by atoms with van der Waals surface area (Å²) in [6, 6.07) is 13.1. The number of ether oxygens (including phenoxy) is 2. The molecule has 2 rings (SSSR count). The number of benzene rings is 2. The average Bonchev–Trinajstić information content (AvgIpc) is 2.44. The van der Waals surface area contributed by atoms with Crippen molar-refractivity contribution in [3.8, 4) is 11.5 Å². The first-order chi connectivity index (χ1) is 9.65. The molecule has 0 bridgehead atoms. The van der Waals surface area contributed by atoms with E-state index in [1.54, 1.807) is 36.4 Å². The minimum absolute atomic E-state index is 0.000693. The predicted molar refractivity (Wildman–Crippen MR) is 74.9 cm³/mol. The monoisotopic (exact) mass is 274 g/mol. The van der Waals surface area contributed by atoms with E-state index < -0.39 is 4.92 Å². The second-order valence-corrected chi connectivity index (χ2v) is 4.02. The van der Waals surface area contributed by atoms with Crippen molar-refractivity contribution in [2.45, 2.75) is 0 Å². The van der Waals surface area contributed by atoms with Crippen LogP contribution in [0.5, 0.6) is 11.5 Å². The topological polar surface area (TPSA) is 87.6 Å². The van der Waals surface area contributed by atoms with Crippen LogP contribution in [0.2, 0.25) is 0 Å². The average molecular weight is 274 g/mol. The van der Waals surface area contributed by atoms with Gasteiger partial charge in [-0.05, 0) is 18.2 Å². The van der Waals surface area contributed by atoms with Gasteiger partial charge >= 0.3 is 0 Å². The van der Waals surface area contributed by atoms with E-state index in [2.05, 4.69) is 0 Å². The Labute approximate surface area is 115 Å². The highest BCUT2D eigenvalue weighted by atomic mass is 16.6. The van der Waals surface area contributed by atoms with Crippen LogP contribution in [0.1, 0.15) is 0 Å². The van der Waals surface area contributed by atoms with Crippen LogP contribution in [-0.4, -0.2) is 18.1 Å². The number of rotatable bonds is 6. The van der Waals surface area contributed by atoms with Gasteiger partial charge in [0.1, 0.15) is 24.7 Å². The van der Waals surface area contributed by atoms with Gasteiger partial charge in [-0.1, -0.05) is 12.1 Å². The fourth-order valence-electron chi connectivity index (χ4n) is 1.61. The highest BCUT2D eigenvalue weighted by molar-refractivity contribution is 5.43. The van der Waals surface area contributed by atoms with Crippen molar-refractivity contribution in [2.24, 2.45) is 0 Å².